The molecule has 5 nitrogen and oxygen atoms in total. The maximum atomic E-state index is 12.9. The number of amides is 2. The molecule has 0 aliphatic carbocycles. The van der Waals surface area contributed by atoms with Gasteiger partial charge in [0.2, 0.25) is 11.8 Å². The van der Waals surface area contributed by atoms with Crippen LogP contribution in [0.3, 0.4) is 0 Å². The molecule has 3 rings (SSSR count). The molecule has 28 heavy (non-hydrogen) atoms. The molecule has 2 aromatic carbocycles. The van der Waals surface area contributed by atoms with Crippen molar-refractivity contribution >= 4 is 28.4 Å². The second kappa shape index (κ2) is 7.67. The molecule has 8 heteroatoms. The number of nitrogens with one attached hydrogen (secondary N) is 1. The van der Waals surface area contributed by atoms with E-state index in [0.717, 1.165) is 12.1 Å². The quantitative estimate of drug-likeness (QED) is 0.697. The average Bonchev–Trinajstić information content (AvgIpc) is 2.65. The summed E-state index contributed by atoms with van der Waals surface area (Å²) in [5.41, 5.74) is 5.64. The average molecular weight is 387 g/mol. The first-order chi connectivity index (χ1) is 13.2. The summed E-state index contributed by atoms with van der Waals surface area (Å²) in [5, 5.41) is 2.84. The first-order valence-electron chi connectivity index (χ1n) is 8.35. The highest BCUT2D eigenvalue weighted by atomic mass is 19.4. The molecule has 0 bridgehead atoms. The maximum Gasteiger partial charge on any atom is 0.416 e. The minimum absolute atomic E-state index is 0.199. The van der Waals surface area contributed by atoms with Gasteiger partial charge < -0.3 is 11.1 Å². The molecule has 0 aliphatic rings. The third-order valence-corrected chi connectivity index (χ3v) is 4.20. The van der Waals surface area contributed by atoms with Crippen LogP contribution in [0.2, 0.25) is 0 Å². The Balaban J connectivity index is 1.89. The van der Waals surface area contributed by atoms with Gasteiger partial charge in [0.15, 0.2) is 0 Å². The van der Waals surface area contributed by atoms with E-state index in [1.54, 1.807) is 30.3 Å². The van der Waals surface area contributed by atoms with Gasteiger partial charge in [-0.15, -0.1) is 0 Å². The van der Waals surface area contributed by atoms with Gasteiger partial charge in [-0.05, 0) is 29.8 Å². The largest absolute Gasteiger partial charge is 0.416 e. The van der Waals surface area contributed by atoms with Crippen molar-refractivity contribution in [3.8, 4) is 0 Å². The van der Waals surface area contributed by atoms with Gasteiger partial charge in [0.05, 0.1) is 28.9 Å². The molecule has 0 spiro atoms. The van der Waals surface area contributed by atoms with Crippen molar-refractivity contribution in [2.75, 3.05) is 5.32 Å². The van der Waals surface area contributed by atoms with Crippen molar-refractivity contribution < 1.29 is 22.8 Å². The fourth-order valence-corrected chi connectivity index (χ4v) is 2.85. The monoisotopic (exact) mass is 387 g/mol. The zero-order valence-corrected chi connectivity index (χ0v) is 14.5. The number of hydrogen-bond donors (Lipinski definition) is 2. The summed E-state index contributed by atoms with van der Waals surface area (Å²) in [6.07, 6.45) is -3.33. The lowest BCUT2D eigenvalue weighted by molar-refractivity contribution is -0.137. The number of halogens is 3. The summed E-state index contributed by atoms with van der Waals surface area (Å²) in [7, 11) is 0. The molecular weight excluding hydrogens is 371 g/mol. The van der Waals surface area contributed by atoms with Gasteiger partial charge in [0.25, 0.3) is 0 Å². The Hall–Kier alpha value is -3.42. The Morgan fingerprint density at radius 1 is 1.07 bits per heavy atom. The van der Waals surface area contributed by atoms with Crippen molar-refractivity contribution in [2.24, 2.45) is 5.73 Å². The molecule has 2 amide bonds. The van der Waals surface area contributed by atoms with Crippen LogP contribution < -0.4 is 11.1 Å². The van der Waals surface area contributed by atoms with E-state index in [1.807, 2.05) is 0 Å². The number of carbonyl (C=O) groups is 2. The second-order valence-corrected chi connectivity index (χ2v) is 6.25. The lowest BCUT2D eigenvalue weighted by atomic mass is 9.94. The molecule has 1 heterocycles. The molecule has 0 unspecified atom stereocenters. The molecular formula is C20H16F3N3O2. The van der Waals surface area contributed by atoms with Gasteiger partial charge in [-0.25, -0.2) is 0 Å². The predicted octanol–water partition coefficient (Wildman–Crippen LogP) is 3.85. The summed E-state index contributed by atoms with van der Waals surface area (Å²) in [4.78, 5) is 28.1. The van der Waals surface area contributed by atoms with Gasteiger partial charge >= 0.3 is 6.18 Å². The van der Waals surface area contributed by atoms with Gasteiger partial charge in [0, 0.05) is 11.8 Å². The number of fused-ring (bicyclic) bond motifs is 1. The number of carbonyl (C=O) groups excluding carboxylic acids is 2. The van der Waals surface area contributed by atoms with Crippen molar-refractivity contribution in [3.63, 3.8) is 0 Å². The van der Waals surface area contributed by atoms with Crippen LogP contribution >= 0.6 is 0 Å². The number of nitrogens with zero attached hydrogens (tertiary/aromatic N) is 1. The van der Waals surface area contributed by atoms with Crippen molar-refractivity contribution in [1.29, 1.82) is 0 Å². The summed E-state index contributed by atoms with van der Waals surface area (Å²) >= 11 is 0. The molecule has 0 fully saturated rings. The van der Waals surface area contributed by atoms with Crippen LogP contribution in [-0.2, 0) is 15.8 Å². The molecule has 3 N–H and O–H groups in total. The highest BCUT2D eigenvalue weighted by Gasteiger charge is 2.30. The van der Waals surface area contributed by atoms with Crippen LogP contribution in [-0.4, -0.2) is 16.8 Å². The van der Waals surface area contributed by atoms with E-state index in [-0.39, 0.29) is 17.5 Å². The molecule has 0 radical (unpaired) electrons. The predicted molar refractivity (Wildman–Crippen MR) is 98.4 cm³/mol. The summed E-state index contributed by atoms with van der Waals surface area (Å²) in [6.45, 7) is 0. The lowest BCUT2D eigenvalue weighted by Gasteiger charge is -2.16. The first kappa shape index (κ1) is 19.3. The zero-order chi connectivity index (χ0) is 20.3. The maximum absolute atomic E-state index is 12.9. The van der Waals surface area contributed by atoms with E-state index in [0.29, 0.717) is 11.1 Å². The fourth-order valence-electron chi connectivity index (χ4n) is 2.85. The standard InChI is InChI=1S/C20H16F3N3O2/c21-20(22,23)14-6-7-17-13(8-14)9-15(11-25-17)26-19(28)16(10-18(24)27)12-4-2-1-3-5-12/h1-9,11,16H,10H2,(H2,24,27)(H,26,28)/t16-/m1/s1. The zero-order valence-electron chi connectivity index (χ0n) is 14.5. The molecule has 3 aromatic rings. The van der Waals surface area contributed by atoms with E-state index < -0.39 is 29.5 Å². The van der Waals surface area contributed by atoms with E-state index in [1.165, 1.54) is 18.3 Å². The van der Waals surface area contributed by atoms with E-state index in [4.69, 9.17) is 5.73 Å². The van der Waals surface area contributed by atoms with Crippen LogP contribution in [0.5, 0.6) is 0 Å². The van der Waals surface area contributed by atoms with Crippen LogP contribution in [0, 0.1) is 0 Å². The second-order valence-electron chi connectivity index (χ2n) is 6.25. The summed E-state index contributed by atoms with van der Waals surface area (Å²) < 4.78 is 38.7. The smallest absolute Gasteiger partial charge is 0.370 e. The third-order valence-electron chi connectivity index (χ3n) is 4.20. The third kappa shape index (κ3) is 4.46. The Labute approximate surface area is 158 Å². The molecule has 144 valence electrons. The van der Waals surface area contributed by atoms with Crippen molar-refractivity contribution in [3.05, 3.63) is 71.9 Å². The van der Waals surface area contributed by atoms with Crippen LogP contribution in [0.15, 0.2) is 60.8 Å². The number of rotatable bonds is 5. The van der Waals surface area contributed by atoms with Crippen molar-refractivity contribution in [2.45, 2.75) is 18.5 Å². The topological polar surface area (TPSA) is 85.1 Å². The number of pyridine rings is 1. The van der Waals surface area contributed by atoms with Crippen LogP contribution in [0.25, 0.3) is 10.9 Å². The minimum atomic E-state index is -4.48. The molecule has 0 saturated carbocycles. The molecule has 0 saturated heterocycles. The molecule has 1 aromatic heterocycles. The van der Waals surface area contributed by atoms with Gasteiger partial charge in [0.1, 0.15) is 0 Å². The fraction of sp³-hybridized carbons (Fsp3) is 0.150. The Bertz CT molecular complexity index is 1020. The Morgan fingerprint density at radius 3 is 2.43 bits per heavy atom. The number of benzene rings is 2. The number of hydrogen-bond acceptors (Lipinski definition) is 3. The number of aromatic nitrogens is 1. The highest BCUT2D eigenvalue weighted by molar-refractivity contribution is 5.99. The van der Waals surface area contributed by atoms with Gasteiger partial charge in [-0.1, -0.05) is 30.3 Å². The number of alkyl halides is 3. The summed E-state index contributed by atoms with van der Waals surface area (Å²) in [6, 6.07) is 13.2. The van der Waals surface area contributed by atoms with Crippen LogP contribution in [0.4, 0.5) is 18.9 Å². The number of primary amides is 1. The van der Waals surface area contributed by atoms with E-state index >= 15 is 0 Å². The highest BCUT2D eigenvalue weighted by Crippen LogP contribution is 2.31. The number of nitrogens with two attached hydrogens (primary N) is 1. The lowest BCUT2D eigenvalue weighted by Crippen LogP contribution is -2.26. The van der Waals surface area contributed by atoms with Gasteiger partial charge in [-0.3, -0.25) is 14.6 Å². The minimum Gasteiger partial charge on any atom is -0.370 e. The van der Waals surface area contributed by atoms with E-state index in [9.17, 15) is 22.8 Å². The normalized spacial score (nSPS) is 12.5. The Kier molecular flexibility index (Phi) is 5.30. The number of anilines is 1. The molecule has 0 aliphatic heterocycles. The van der Waals surface area contributed by atoms with Crippen molar-refractivity contribution in [1.82, 2.24) is 4.98 Å². The first-order valence-corrected chi connectivity index (χ1v) is 8.35. The van der Waals surface area contributed by atoms with Crippen LogP contribution in [0.1, 0.15) is 23.5 Å². The summed E-state index contributed by atoms with van der Waals surface area (Å²) in [5.74, 6) is -1.97. The van der Waals surface area contributed by atoms with E-state index in [2.05, 4.69) is 10.3 Å². The Morgan fingerprint density at radius 2 is 1.79 bits per heavy atom. The SMILES string of the molecule is NC(=O)C[C@@H](C(=O)Nc1cnc2ccc(C(F)(F)F)cc2c1)c1ccccc1. The van der Waals surface area contributed by atoms with Gasteiger partial charge in [-0.2, -0.15) is 13.2 Å². The molecule has 1 atom stereocenters.